The van der Waals surface area contributed by atoms with Gasteiger partial charge >= 0.3 is 6.09 Å². The summed E-state index contributed by atoms with van der Waals surface area (Å²) >= 11 is 5.74. The Hall–Kier alpha value is -15.7. The van der Waals surface area contributed by atoms with Crippen LogP contribution in [0.5, 0.6) is 11.6 Å². The van der Waals surface area contributed by atoms with Crippen molar-refractivity contribution in [2.24, 2.45) is 7.05 Å². The highest BCUT2D eigenvalue weighted by atomic mass is 35.5. The molecule has 54 heteroatoms. The van der Waals surface area contributed by atoms with Crippen LogP contribution in [-0.4, -0.2) is 242 Å². The maximum Gasteiger partial charge on any atom is 0.410 e. The number of nitrogens with zero attached hydrogens (tertiary/aromatic N) is 23. The van der Waals surface area contributed by atoms with Gasteiger partial charge in [-0.15, -0.1) is 12.4 Å². The van der Waals surface area contributed by atoms with Crippen molar-refractivity contribution in [2.45, 2.75) is 77.2 Å². The van der Waals surface area contributed by atoms with E-state index in [0.717, 1.165) is 171 Å². The van der Waals surface area contributed by atoms with Crippen LogP contribution in [0.4, 0.5) is 16.4 Å². The summed E-state index contributed by atoms with van der Waals surface area (Å²) in [7, 11) is -4.00. The van der Waals surface area contributed by atoms with Crippen LogP contribution in [0.2, 0.25) is 5.15 Å². The zero-order valence-corrected chi connectivity index (χ0v) is 86.6. The van der Waals surface area contributed by atoms with Crippen molar-refractivity contribution in [1.82, 2.24) is 137 Å². The lowest BCUT2D eigenvalue weighted by Gasteiger charge is -2.29. The molecule has 0 radical (unpaired) electrons. The number of aromatic nitrogens is 20. The Labute approximate surface area is 876 Å². The van der Waals surface area contributed by atoms with Crippen molar-refractivity contribution in [2.75, 3.05) is 76.4 Å². The molecule has 10 aliphatic heterocycles. The van der Waals surface area contributed by atoms with Gasteiger partial charge in [0.15, 0.2) is 108 Å². The van der Waals surface area contributed by atoms with E-state index < -0.39 is 83.3 Å². The van der Waals surface area contributed by atoms with Crippen LogP contribution in [0, 0.1) is 0 Å². The molecule has 2 saturated heterocycles. The molecule has 6 unspecified atom stereocenters. The van der Waals surface area contributed by atoms with Gasteiger partial charge in [-0.25, -0.2) is 78.1 Å². The standard InChI is InChI=1S/C21H20N6O3S.C21H23N5O4S.C15H12N6O2S.C14H13N5O3S.C13H11ClN4O2S.C11H14N4O2S.ClH/c1-30-21-16(15-12-23-27(13-15)20-10-19(28)25-31(20)29)5-6-17(24-21)14-4-7-18(22-11-14)26-8-2-3-9-26;1-21(2,3)30-20(28)25-8-6-14(7-9-25)17-5-4-15(11-22-17)16-12-23-26(13-16)19-10-18(27)24-31(19)29;1-20-8-12(7-17-20)13-3-2-10(5-16-13)11-6-18-21(9-11)15-4-14(22)19-24(15)23;1-18-2-3-22-11-4-9(6-15-14(11)18)10-7-16-19(8-10)13-5-12(20)17-23(13)21;14-11-4-3-9(6-15-11)1-2-10-7-16-18(8-10)13-5-12(19)17-21(13)20;16-10-5-11(18(17)14-10)15-7-9(6-13-15)8-1-3-12-4-2-8;/h4-7,10-13H,2-3,8-9H2,1H3,(H,25,28);4-6,10-13H,7-9H2,1-3H3,(H,24,27);2-9H,1H3,(H,19,22);4-8H,2-3H2,1H3,(H,17,20);3-8H,1-2H2,(H,17,19);5-8,12H,1-4H2,(H,14,16);1H. The SMILES string of the molecule is CC(C)(C)OC(=O)N1CC=C(c2ccc(-c3cnn(C4=CC(=O)NS4=O)c3)cn2)CC1.CN1CCOc2cc(-c3cnn(C4=CC(=O)NS4=O)c3)cnc21.COc1nc(-c2ccc(N3CCCC3)nc2)ccc1-c1cnn(C2=CC(=O)NS2=O)c1.Cl.Cn1cc(-c2ccc(-c3cnn(C4=CC(=O)NS4=O)c3)cn2)cn1.O=C1C=C(n2cc(C3CCNCC3)cn2)S(=O)N1.O=C1C=C(n2cc(CCc3ccc(Cl)nc3)cn2)S(=O)N1. The topological polar surface area (TPSA) is 546 Å². The van der Waals surface area contributed by atoms with E-state index in [2.05, 4.69) is 104 Å². The van der Waals surface area contributed by atoms with Gasteiger partial charge in [-0.2, -0.15) is 35.7 Å². The smallest absolute Gasteiger partial charge is 0.410 e. The van der Waals surface area contributed by atoms with Gasteiger partial charge in [0.05, 0.1) is 74.1 Å². The summed E-state index contributed by atoms with van der Waals surface area (Å²) in [6.07, 6.45) is 49.2. The lowest BCUT2D eigenvalue weighted by molar-refractivity contribution is -0.115. The number of carbonyl (C=O) groups excluding carboxylic acids is 7. The van der Waals surface area contributed by atoms with Crippen LogP contribution in [0.15, 0.2) is 227 Å². The molecule has 10 aliphatic rings. The summed E-state index contributed by atoms with van der Waals surface area (Å²) in [5.41, 5.74) is 14.5. The lowest BCUT2D eigenvalue weighted by atomic mass is 9.93. The molecule has 2 fully saturated rings. The second-order valence-corrected chi connectivity index (χ2v) is 42.2. The predicted octanol–water partition coefficient (Wildman–Crippen LogP) is 7.74. The largest absolute Gasteiger partial charge is 0.488 e. The van der Waals surface area contributed by atoms with Crippen molar-refractivity contribution in [3.8, 4) is 78.7 Å². The third-order valence-corrected chi connectivity index (χ3v) is 30.1. The second-order valence-electron chi connectivity index (χ2n) is 34.9. The van der Waals surface area contributed by atoms with Crippen molar-refractivity contribution in [1.29, 1.82) is 0 Å². The summed E-state index contributed by atoms with van der Waals surface area (Å²) in [5.74, 6) is 1.19. The molecule has 0 aromatic carbocycles. The predicted molar refractivity (Wildman–Crippen MR) is 561 cm³/mol. The minimum absolute atomic E-state index is 0. The molecule has 0 bridgehead atoms. The Morgan fingerprint density at radius 1 is 0.456 bits per heavy atom. The minimum atomic E-state index is -1.62. The molecule has 7 N–H and O–H groups in total. The first-order chi connectivity index (χ1) is 71.4. The van der Waals surface area contributed by atoms with Gasteiger partial charge in [-0.05, 0) is 156 Å². The number of anilines is 2. The maximum atomic E-state index is 12.2. The van der Waals surface area contributed by atoms with E-state index in [9.17, 15) is 58.8 Å². The second kappa shape index (κ2) is 46.6. The highest BCUT2D eigenvalue weighted by molar-refractivity contribution is 7.95. The van der Waals surface area contributed by atoms with Gasteiger partial charge in [-0.1, -0.05) is 35.9 Å². The average Bonchev–Trinajstić information content (AvgIpc) is 1.69. The molecule has 149 heavy (non-hydrogen) atoms. The number of likely N-dealkylation sites (N-methyl/N-ethyl adjacent to an activating group) is 1. The Kier molecular flexibility index (Phi) is 32.7. The molecule has 770 valence electrons. The van der Waals surface area contributed by atoms with E-state index >= 15 is 0 Å². The summed E-state index contributed by atoms with van der Waals surface area (Å²) in [6, 6.07) is 21.1. The first-order valence-corrected chi connectivity index (χ1v) is 53.1. The van der Waals surface area contributed by atoms with E-state index in [1.165, 1.54) is 77.4 Å². The van der Waals surface area contributed by atoms with Crippen molar-refractivity contribution >= 4 is 179 Å². The number of halogens is 2. The van der Waals surface area contributed by atoms with Crippen LogP contribution in [0.3, 0.4) is 0 Å². The van der Waals surface area contributed by atoms with E-state index in [1.807, 2.05) is 125 Å². The number of carbonyl (C=O) groups is 7. The number of ether oxygens (including phenoxy) is 3. The third kappa shape index (κ3) is 25.6. The van der Waals surface area contributed by atoms with Crippen LogP contribution >= 0.6 is 24.0 Å². The number of fused-ring (bicyclic) bond motifs is 1. The molecule has 13 aromatic rings. The van der Waals surface area contributed by atoms with E-state index in [1.54, 1.807) is 122 Å². The number of hydrogen-bond donors (Lipinski definition) is 7. The zero-order chi connectivity index (χ0) is 104. The molecule has 13 aromatic heterocycles. The molecule has 23 rings (SSSR count). The van der Waals surface area contributed by atoms with Gasteiger partial charge in [-0.3, -0.25) is 71.7 Å². The molecule has 0 saturated carbocycles. The minimum Gasteiger partial charge on any atom is -0.488 e. The van der Waals surface area contributed by atoms with Crippen LogP contribution < -0.4 is 52.9 Å². The van der Waals surface area contributed by atoms with Gasteiger partial charge in [0.25, 0.3) is 35.4 Å². The molecule has 0 spiro atoms. The number of pyridine rings is 6. The molecular weight excluding hydrogens is 2080 g/mol. The number of hydrogen-bond acceptors (Lipinski definition) is 32. The number of amides is 7. The molecule has 0 aliphatic carbocycles. The fourth-order valence-corrected chi connectivity index (χ4v) is 21.1. The van der Waals surface area contributed by atoms with Gasteiger partial charge in [0, 0.05) is 207 Å². The molecule has 23 heterocycles. The van der Waals surface area contributed by atoms with E-state index in [4.69, 9.17) is 25.8 Å². The number of rotatable bonds is 19. The molecule has 7 amide bonds. The van der Waals surface area contributed by atoms with Gasteiger partial charge < -0.3 is 34.2 Å². The monoisotopic (exact) mass is 2170 g/mol. The first-order valence-electron chi connectivity index (χ1n) is 45.8. The van der Waals surface area contributed by atoms with Crippen LogP contribution in [-0.2, 0) is 119 Å². The summed E-state index contributed by atoms with van der Waals surface area (Å²) in [5, 5.41) is 35.0. The quantitative estimate of drug-likeness (QED) is 0.0380. The maximum absolute atomic E-state index is 12.2. The van der Waals surface area contributed by atoms with E-state index in [0.29, 0.717) is 68.2 Å². The normalized spacial score (nSPS) is 19.1. The Morgan fingerprint density at radius 3 is 1.40 bits per heavy atom. The fraction of sp³-hybridized carbons (Fsp3) is 0.242. The van der Waals surface area contributed by atoms with Gasteiger partial charge in [0.1, 0.15) is 23.2 Å². The van der Waals surface area contributed by atoms with Crippen molar-refractivity contribution < 1.29 is 73.0 Å². The summed E-state index contributed by atoms with van der Waals surface area (Å²) in [6.45, 7) is 12.2. The first kappa shape index (κ1) is 105. The lowest BCUT2D eigenvalue weighted by Crippen LogP contribution is -2.39. The third-order valence-electron chi connectivity index (χ3n) is 23.5. The van der Waals surface area contributed by atoms with Gasteiger partial charge in [0.2, 0.25) is 5.88 Å². The highest BCUT2D eigenvalue weighted by Gasteiger charge is 2.32. The fourth-order valence-electron chi connectivity index (χ4n) is 16.0. The summed E-state index contributed by atoms with van der Waals surface area (Å²) in [4.78, 5) is 112. The number of piperidine rings is 1. The van der Waals surface area contributed by atoms with Crippen LogP contribution in [0.1, 0.15) is 81.2 Å². The average molecular weight is 2180 g/mol. The number of nitrogens with one attached hydrogen (secondary N) is 7. The Morgan fingerprint density at radius 2 is 0.926 bits per heavy atom. The zero-order valence-electron chi connectivity index (χ0n) is 80.1. The molecular formula is C95H94Cl2N30O16S6. The Bertz CT molecular complexity index is 7720. The van der Waals surface area contributed by atoms with Crippen molar-refractivity contribution in [3.05, 3.63) is 255 Å². The Balaban J connectivity index is 0.000000123. The summed E-state index contributed by atoms with van der Waals surface area (Å²) < 4.78 is 111. The van der Waals surface area contributed by atoms with Crippen LogP contribution in [0.25, 0.3) is 103 Å². The number of methoxy groups -OCH3 is 1. The van der Waals surface area contributed by atoms with Crippen molar-refractivity contribution in [3.63, 3.8) is 0 Å². The molecule has 6 atom stereocenters. The number of aryl methyl sites for hydroxylation is 3. The van der Waals surface area contributed by atoms with E-state index in [-0.39, 0.29) is 47.2 Å². The molecule has 46 nitrogen and oxygen atoms in total. The highest BCUT2D eigenvalue weighted by Crippen LogP contribution is 2.37.